The second-order valence-electron chi connectivity index (χ2n) is 5.45. The van der Waals surface area contributed by atoms with Crippen molar-refractivity contribution in [1.29, 1.82) is 0 Å². The first-order chi connectivity index (χ1) is 7.08. The Morgan fingerprint density at radius 3 is 2.60 bits per heavy atom. The molecule has 15 heavy (non-hydrogen) atoms. The first kappa shape index (κ1) is 11.4. The molecule has 0 aromatic heterocycles. The van der Waals surface area contributed by atoms with E-state index >= 15 is 0 Å². The summed E-state index contributed by atoms with van der Waals surface area (Å²) in [6.07, 6.45) is 5.89. The van der Waals surface area contributed by atoms with Crippen molar-refractivity contribution in [3.63, 3.8) is 0 Å². The maximum Gasteiger partial charge on any atom is 0.0695 e. The van der Waals surface area contributed by atoms with Crippen molar-refractivity contribution in [1.82, 2.24) is 4.90 Å². The average molecular weight is 213 g/mol. The normalized spacial score (nSPS) is 44.2. The van der Waals surface area contributed by atoms with Gasteiger partial charge in [-0.1, -0.05) is 0 Å². The Morgan fingerprint density at radius 2 is 1.93 bits per heavy atom. The third-order valence-corrected chi connectivity index (χ3v) is 4.01. The lowest BCUT2D eigenvalue weighted by atomic mass is 9.98. The molecule has 1 aliphatic carbocycles. The highest BCUT2D eigenvalue weighted by molar-refractivity contribution is 4.88. The van der Waals surface area contributed by atoms with Crippen molar-refractivity contribution in [2.45, 2.75) is 63.2 Å². The van der Waals surface area contributed by atoms with E-state index in [0.717, 1.165) is 51.6 Å². The van der Waals surface area contributed by atoms with Gasteiger partial charge < -0.3 is 10.2 Å². The van der Waals surface area contributed by atoms with Gasteiger partial charge in [0.2, 0.25) is 0 Å². The lowest BCUT2D eigenvalue weighted by molar-refractivity contribution is 0.0356. The minimum Gasteiger partial charge on any atom is -0.391 e. The molecule has 2 fully saturated rings. The van der Waals surface area contributed by atoms with E-state index < -0.39 is 5.60 Å². The summed E-state index contributed by atoms with van der Waals surface area (Å²) in [5, 5.41) is 19.9. The van der Waals surface area contributed by atoms with Crippen molar-refractivity contribution in [2.75, 3.05) is 13.1 Å². The van der Waals surface area contributed by atoms with Gasteiger partial charge in [0.15, 0.2) is 0 Å². The third-order valence-electron chi connectivity index (χ3n) is 4.01. The smallest absolute Gasteiger partial charge is 0.0695 e. The van der Waals surface area contributed by atoms with E-state index in [9.17, 15) is 10.2 Å². The van der Waals surface area contributed by atoms with Crippen molar-refractivity contribution in [3.8, 4) is 0 Å². The third kappa shape index (κ3) is 2.71. The summed E-state index contributed by atoms with van der Waals surface area (Å²) in [5.74, 6) is 0. The summed E-state index contributed by atoms with van der Waals surface area (Å²) in [6, 6.07) is 0.360. The Kier molecular flexibility index (Phi) is 3.33. The van der Waals surface area contributed by atoms with E-state index in [1.807, 2.05) is 6.92 Å². The molecule has 1 aliphatic heterocycles. The Hall–Kier alpha value is -0.120. The van der Waals surface area contributed by atoms with Crippen LogP contribution in [0.1, 0.15) is 45.4 Å². The van der Waals surface area contributed by atoms with Crippen LogP contribution in [-0.4, -0.2) is 45.9 Å². The fraction of sp³-hybridized carbons (Fsp3) is 1.00. The Labute approximate surface area is 92.1 Å². The Balaban J connectivity index is 1.93. The number of hydrogen-bond donors (Lipinski definition) is 2. The molecule has 1 heterocycles. The SMILES string of the molecule is CC1(O)CCCN([C@H]2CCC[C@@H]2O)CC1. The molecule has 3 heteroatoms. The molecule has 3 atom stereocenters. The quantitative estimate of drug-likeness (QED) is 0.686. The van der Waals surface area contributed by atoms with E-state index in [1.54, 1.807) is 0 Å². The molecule has 0 bridgehead atoms. The Bertz CT molecular complexity index is 218. The molecule has 0 radical (unpaired) electrons. The first-order valence-corrected chi connectivity index (χ1v) is 6.23. The topological polar surface area (TPSA) is 43.7 Å². The summed E-state index contributed by atoms with van der Waals surface area (Å²) in [6.45, 7) is 3.91. The van der Waals surface area contributed by atoms with Gasteiger partial charge in [-0.15, -0.1) is 0 Å². The molecule has 1 saturated heterocycles. The highest BCUT2D eigenvalue weighted by atomic mass is 16.3. The van der Waals surface area contributed by atoms with E-state index in [4.69, 9.17) is 0 Å². The maximum absolute atomic E-state index is 9.99. The summed E-state index contributed by atoms with van der Waals surface area (Å²) in [4.78, 5) is 2.39. The van der Waals surface area contributed by atoms with Crippen LogP contribution in [0.15, 0.2) is 0 Å². The zero-order valence-corrected chi connectivity index (χ0v) is 9.65. The van der Waals surface area contributed by atoms with Crippen LogP contribution in [0.5, 0.6) is 0 Å². The lowest BCUT2D eigenvalue weighted by Crippen LogP contribution is -2.41. The first-order valence-electron chi connectivity index (χ1n) is 6.23. The van der Waals surface area contributed by atoms with Gasteiger partial charge in [-0.3, -0.25) is 4.90 Å². The lowest BCUT2D eigenvalue weighted by Gasteiger charge is -2.30. The van der Waals surface area contributed by atoms with E-state index in [1.165, 1.54) is 0 Å². The zero-order chi connectivity index (χ0) is 10.9. The standard InChI is InChI=1S/C12H23NO2/c1-12(15)6-3-8-13(9-7-12)10-4-2-5-11(10)14/h10-11,14-15H,2-9H2,1H3/t10-,11-,12?/m0/s1. The number of rotatable bonds is 1. The summed E-state index contributed by atoms with van der Waals surface area (Å²) < 4.78 is 0. The van der Waals surface area contributed by atoms with Crippen LogP contribution >= 0.6 is 0 Å². The van der Waals surface area contributed by atoms with Crippen molar-refractivity contribution >= 4 is 0 Å². The van der Waals surface area contributed by atoms with Crippen molar-refractivity contribution in [3.05, 3.63) is 0 Å². The van der Waals surface area contributed by atoms with E-state index in [0.29, 0.717) is 6.04 Å². The molecular weight excluding hydrogens is 190 g/mol. The highest BCUT2D eigenvalue weighted by Crippen LogP contribution is 2.28. The molecule has 0 spiro atoms. The fourth-order valence-electron chi connectivity index (χ4n) is 2.96. The molecule has 88 valence electrons. The van der Waals surface area contributed by atoms with Gasteiger partial charge in [0, 0.05) is 12.6 Å². The molecule has 2 rings (SSSR count). The monoisotopic (exact) mass is 213 g/mol. The van der Waals surface area contributed by atoms with Crippen LogP contribution < -0.4 is 0 Å². The second kappa shape index (κ2) is 4.40. The number of aliphatic hydroxyl groups excluding tert-OH is 1. The van der Waals surface area contributed by atoms with Crippen LogP contribution in [0.2, 0.25) is 0 Å². The van der Waals surface area contributed by atoms with Gasteiger partial charge in [0.05, 0.1) is 11.7 Å². The molecule has 1 unspecified atom stereocenters. The molecule has 0 aromatic carbocycles. The van der Waals surface area contributed by atoms with Gasteiger partial charge in [-0.2, -0.15) is 0 Å². The molecule has 2 N–H and O–H groups in total. The zero-order valence-electron chi connectivity index (χ0n) is 9.65. The second-order valence-corrected chi connectivity index (χ2v) is 5.45. The number of nitrogens with zero attached hydrogens (tertiary/aromatic N) is 1. The van der Waals surface area contributed by atoms with Crippen LogP contribution in [0.3, 0.4) is 0 Å². The van der Waals surface area contributed by atoms with Crippen molar-refractivity contribution < 1.29 is 10.2 Å². The summed E-state index contributed by atoms with van der Waals surface area (Å²) >= 11 is 0. The molecule has 1 saturated carbocycles. The van der Waals surface area contributed by atoms with E-state index in [-0.39, 0.29) is 6.10 Å². The molecule has 0 aromatic rings. The predicted molar refractivity (Wildman–Crippen MR) is 59.7 cm³/mol. The average Bonchev–Trinajstić information content (AvgIpc) is 2.49. The van der Waals surface area contributed by atoms with Crippen LogP contribution in [0, 0.1) is 0 Å². The molecule has 2 aliphatic rings. The predicted octanol–water partition coefficient (Wildman–Crippen LogP) is 1.14. The molecule has 3 nitrogen and oxygen atoms in total. The van der Waals surface area contributed by atoms with Gasteiger partial charge in [-0.05, 0) is 52.0 Å². The van der Waals surface area contributed by atoms with Gasteiger partial charge in [-0.25, -0.2) is 0 Å². The number of likely N-dealkylation sites (tertiary alicyclic amines) is 1. The summed E-state index contributed by atoms with van der Waals surface area (Å²) in [5.41, 5.74) is -0.488. The van der Waals surface area contributed by atoms with Crippen LogP contribution in [-0.2, 0) is 0 Å². The highest BCUT2D eigenvalue weighted by Gasteiger charge is 2.33. The van der Waals surface area contributed by atoms with Gasteiger partial charge in [0.1, 0.15) is 0 Å². The minimum absolute atomic E-state index is 0.131. The largest absolute Gasteiger partial charge is 0.391 e. The van der Waals surface area contributed by atoms with Gasteiger partial charge in [0.25, 0.3) is 0 Å². The maximum atomic E-state index is 9.99. The number of hydrogen-bond acceptors (Lipinski definition) is 3. The molecule has 0 amide bonds. The molecular formula is C12H23NO2. The fourth-order valence-corrected chi connectivity index (χ4v) is 2.96. The van der Waals surface area contributed by atoms with Crippen molar-refractivity contribution in [2.24, 2.45) is 0 Å². The van der Waals surface area contributed by atoms with E-state index in [2.05, 4.69) is 4.90 Å². The minimum atomic E-state index is -0.488. The van der Waals surface area contributed by atoms with Gasteiger partial charge >= 0.3 is 0 Å². The van der Waals surface area contributed by atoms with Crippen LogP contribution in [0.25, 0.3) is 0 Å². The van der Waals surface area contributed by atoms with Crippen LogP contribution in [0.4, 0.5) is 0 Å². The Morgan fingerprint density at radius 1 is 1.13 bits per heavy atom. The number of aliphatic hydroxyl groups is 2. The summed E-state index contributed by atoms with van der Waals surface area (Å²) in [7, 11) is 0.